The van der Waals surface area contributed by atoms with Crippen LogP contribution in [0.25, 0.3) is 0 Å². The lowest BCUT2D eigenvalue weighted by molar-refractivity contribution is 0.112. The predicted molar refractivity (Wildman–Crippen MR) is 73.2 cm³/mol. The number of aldehydes is 1. The van der Waals surface area contributed by atoms with Crippen LogP contribution < -0.4 is 4.90 Å². The van der Waals surface area contributed by atoms with Crippen molar-refractivity contribution in [3.05, 3.63) is 29.6 Å². The number of hydrogen-bond donors (Lipinski definition) is 0. The fourth-order valence-corrected chi connectivity index (χ4v) is 3.29. The minimum atomic E-state index is -0.327. The van der Waals surface area contributed by atoms with Gasteiger partial charge in [0.25, 0.3) is 0 Å². The van der Waals surface area contributed by atoms with Crippen LogP contribution in [0.1, 0.15) is 29.6 Å². The van der Waals surface area contributed by atoms with Crippen LogP contribution in [-0.2, 0) is 0 Å². The smallest absolute Gasteiger partial charge is 0.150 e. The minimum Gasteiger partial charge on any atom is -0.370 e. The Balaban J connectivity index is 1.84. The molecular formula is C15H19FN2O. The zero-order chi connectivity index (χ0) is 13.2. The molecule has 2 aliphatic rings. The van der Waals surface area contributed by atoms with Crippen molar-refractivity contribution in [3.63, 3.8) is 0 Å². The van der Waals surface area contributed by atoms with Crippen LogP contribution in [0.2, 0.25) is 0 Å². The van der Waals surface area contributed by atoms with Crippen molar-refractivity contribution < 1.29 is 9.18 Å². The quantitative estimate of drug-likeness (QED) is 0.764. The van der Waals surface area contributed by atoms with E-state index in [4.69, 9.17) is 0 Å². The van der Waals surface area contributed by atoms with E-state index < -0.39 is 0 Å². The lowest BCUT2D eigenvalue weighted by Crippen LogP contribution is -2.36. The van der Waals surface area contributed by atoms with E-state index in [0.717, 1.165) is 31.7 Å². The Kier molecular flexibility index (Phi) is 3.51. The number of carbonyl (C=O) groups excluding carboxylic acids is 1. The first kappa shape index (κ1) is 12.6. The van der Waals surface area contributed by atoms with Crippen LogP contribution in [0.4, 0.5) is 10.1 Å². The van der Waals surface area contributed by atoms with E-state index in [2.05, 4.69) is 9.80 Å². The molecule has 0 aromatic heterocycles. The largest absolute Gasteiger partial charge is 0.370 e. The maximum atomic E-state index is 13.5. The molecular weight excluding hydrogens is 243 g/mol. The third kappa shape index (κ3) is 2.63. The lowest BCUT2D eigenvalue weighted by Gasteiger charge is -2.27. The number of fused-ring (bicyclic) bond motifs is 1. The van der Waals surface area contributed by atoms with Gasteiger partial charge in [-0.25, -0.2) is 4.39 Å². The Morgan fingerprint density at radius 2 is 2.00 bits per heavy atom. The number of carbonyl (C=O) groups is 1. The molecule has 2 saturated heterocycles. The molecule has 4 heteroatoms. The Labute approximate surface area is 113 Å². The highest BCUT2D eigenvalue weighted by Crippen LogP contribution is 2.26. The van der Waals surface area contributed by atoms with E-state index >= 15 is 0 Å². The topological polar surface area (TPSA) is 23.6 Å². The van der Waals surface area contributed by atoms with Crippen LogP contribution in [0.3, 0.4) is 0 Å². The van der Waals surface area contributed by atoms with Gasteiger partial charge in [-0.2, -0.15) is 0 Å². The molecule has 2 aliphatic heterocycles. The molecule has 1 aromatic rings. The van der Waals surface area contributed by atoms with Gasteiger partial charge in [-0.3, -0.25) is 9.69 Å². The maximum absolute atomic E-state index is 13.5. The van der Waals surface area contributed by atoms with Gasteiger partial charge in [0, 0.05) is 36.9 Å². The maximum Gasteiger partial charge on any atom is 0.150 e. The average molecular weight is 262 g/mol. The first-order valence-electron chi connectivity index (χ1n) is 7.01. The van der Waals surface area contributed by atoms with E-state index in [1.54, 1.807) is 6.07 Å². The van der Waals surface area contributed by atoms with Crippen molar-refractivity contribution in [1.82, 2.24) is 4.90 Å². The number of rotatable bonds is 2. The summed E-state index contributed by atoms with van der Waals surface area (Å²) >= 11 is 0. The summed E-state index contributed by atoms with van der Waals surface area (Å²) in [6.07, 6.45) is 4.31. The Morgan fingerprint density at radius 1 is 1.16 bits per heavy atom. The van der Waals surface area contributed by atoms with Gasteiger partial charge in [-0.05, 0) is 44.0 Å². The van der Waals surface area contributed by atoms with Gasteiger partial charge >= 0.3 is 0 Å². The molecule has 3 rings (SSSR count). The van der Waals surface area contributed by atoms with Crippen LogP contribution >= 0.6 is 0 Å². The molecule has 2 fully saturated rings. The summed E-state index contributed by atoms with van der Waals surface area (Å²) in [7, 11) is 0. The molecule has 1 atom stereocenters. The molecule has 0 spiro atoms. The molecule has 2 heterocycles. The van der Waals surface area contributed by atoms with E-state index in [1.165, 1.54) is 31.5 Å². The molecule has 0 N–H and O–H groups in total. The Morgan fingerprint density at radius 3 is 2.84 bits per heavy atom. The van der Waals surface area contributed by atoms with Gasteiger partial charge in [-0.15, -0.1) is 0 Å². The summed E-state index contributed by atoms with van der Waals surface area (Å²) in [6, 6.07) is 5.21. The second-order valence-corrected chi connectivity index (χ2v) is 5.49. The normalized spacial score (nSPS) is 24.1. The zero-order valence-corrected chi connectivity index (χ0v) is 11.0. The molecule has 0 bridgehead atoms. The monoisotopic (exact) mass is 262 g/mol. The third-order valence-electron chi connectivity index (χ3n) is 4.21. The van der Waals surface area contributed by atoms with Gasteiger partial charge in [0.1, 0.15) is 12.1 Å². The summed E-state index contributed by atoms with van der Waals surface area (Å²) in [5.41, 5.74) is 1.26. The Hall–Kier alpha value is -1.42. The van der Waals surface area contributed by atoms with Crippen LogP contribution in [-0.4, -0.2) is 43.4 Å². The van der Waals surface area contributed by atoms with Crippen molar-refractivity contribution in [2.45, 2.75) is 25.3 Å². The summed E-state index contributed by atoms with van der Waals surface area (Å²) in [5.74, 6) is -0.327. The van der Waals surface area contributed by atoms with Crippen molar-refractivity contribution in [3.8, 4) is 0 Å². The second kappa shape index (κ2) is 5.29. The Bertz CT molecular complexity index is 477. The first-order chi connectivity index (χ1) is 9.26. The van der Waals surface area contributed by atoms with E-state index in [-0.39, 0.29) is 5.82 Å². The highest BCUT2D eigenvalue weighted by Gasteiger charge is 2.28. The molecule has 0 amide bonds. The van der Waals surface area contributed by atoms with Gasteiger partial charge in [0.05, 0.1) is 0 Å². The summed E-state index contributed by atoms with van der Waals surface area (Å²) in [5, 5.41) is 0. The lowest BCUT2D eigenvalue weighted by atomic mass is 10.1. The van der Waals surface area contributed by atoms with Crippen molar-refractivity contribution in [1.29, 1.82) is 0 Å². The molecule has 19 heavy (non-hydrogen) atoms. The second-order valence-electron chi connectivity index (χ2n) is 5.49. The SMILES string of the molecule is O=Cc1cc(F)cc(N2CCCN3CCCC3C2)c1. The van der Waals surface area contributed by atoms with Crippen LogP contribution in [0, 0.1) is 5.82 Å². The van der Waals surface area contributed by atoms with Crippen molar-refractivity contribution in [2.24, 2.45) is 0 Å². The number of halogens is 1. The fourth-order valence-electron chi connectivity index (χ4n) is 3.29. The van der Waals surface area contributed by atoms with Crippen LogP contribution in [0.5, 0.6) is 0 Å². The third-order valence-corrected chi connectivity index (χ3v) is 4.21. The van der Waals surface area contributed by atoms with Gasteiger partial charge < -0.3 is 4.90 Å². The number of nitrogens with zero attached hydrogens (tertiary/aromatic N) is 2. The summed E-state index contributed by atoms with van der Waals surface area (Å²) in [4.78, 5) is 15.6. The zero-order valence-electron chi connectivity index (χ0n) is 11.0. The van der Waals surface area contributed by atoms with E-state index in [0.29, 0.717) is 17.9 Å². The number of benzene rings is 1. The fraction of sp³-hybridized carbons (Fsp3) is 0.533. The molecule has 0 aliphatic carbocycles. The number of anilines is 1. The molecule has 1 unspecified atom stereocenters. The van der Waals surface area contributed by atoms with Gasteiger partial charge in [0.2, 0.25) is 0 Å². The number of hydrogen-bond acceptors (Lipinski definition) is 3. The van der Waals surface area contributed by atoms with Gasteiger partial charge in [0.15, 0.2) is 0 Å². The van der Waals surface area contributed by atoms with Crippen molar-refractivity contribution in [2.75, 3.05) is 31.1 Å². The molecule has 102 valence electrons. The van der Waals surface area contributed by atoms with E-state index in [9.17, 15) is 9.18 Å². The molecule has 0 saturated carbocycles. The highest BCUT2D eigenvalue weighted by atomic mass is 19.1. The van der Waals surface area contributed by atoms with E-state index in [1.807, 2.05) is 0 Å². The summed E-state index contributed by atoms with van der Waals surface area (Å²) in [6.45, 7) is 4.22. The molecule has 0 radical (unpaired) electrons. The summed E-state index contributed by atoms with van der Waals surface area (Å²) < 4.78 is 13.5. The van der Waals surface area contributed by atoms with Gasteiger partial charge in [-0.1, -0.05) is 0 Å². The first-order valence-corrected chi connectivity index (χ1v) is 7.01. The molecule has 1 aromatic carbocycles. The predicted octanol–water partition coefficient (Wildman–Crippen LogP) is 2.31. The average Bonchev–Trinajstić information content (AvgIpc) is 2.75. The minimum absolute atomic E-state index is 0.327. The van der Waals surface area contributed by atoms with Crippen molar-refractivity contribution >= 4 is 12.0 Å². The van der Waals surface area contributed by atoms with Crippen LogP contribution in [0.15, 0.2) is 18.2 Å². The standard InChI is InChI=1S/C15H19FN2O/c16-13-7-12(11-19)8-15(9-13)18-6-2-5-17-4-1-3-14(17)10-18/h7-9,11,14H,1-6,10H2. The molecule has 3 nitrogen and oxygen atoms in total. The highest BCUT2D eigenvalue weighted by molar-refractivity contribution is 5.77.